The van der Waals surface area contributed by atoms with Crippen molar-refractivity contribution in [2.45, 2.75) is 24.2 Å². The third kappa shape index (κ3) is 4.75. The van der Waals surface area contributed by atoms with E-state index in [0.29, 0.717) is 19.4 Å². The van der Waals surface area contributed by atoms with Crippen LogP contribution in [0.25, 0.3) is 0 Å². The summed E-state index contributed by atoms with van der Waals surface area (Å²) in [7, 11) is -3.81. The summed E-state index contributed by atoms with van der Waals surface area (Å²) < 4.78 is 39.1. The Morgan fingerprint density at radius 3 is 2.58 bits per heavy atom. The zero-order valence-corrected chi connectivity index (χ0v) is 13.8. The highest BCUT2D eigenvalue weighted by molar-refractivity contribution is 7.89. The molecule has 2 rings (SSSR count). The third-order valence-corrected chi connectivity index (χ3v) is 5.36. The van der Waals surface area contributed by atoms with Crippen molar-refractivity contribution in [1.29, 1.82) is 0 Å². The standard InChI is InChI=1S/C15H19FN2O5S/c16-12-3-5-13(6-4-12)24(22,23)17-8-7-14(19)18-9-1-2-11(10-18)15(20)21/h3-6,11,17H,1-2,7-10H2,(H,20,21)/t11-/m0/s1. The van der Waals surface area contributed by atoms with Crippen LogP contribution in [0.3, 0.4) is 0 Å². The Bertz CT molecular complexity index is 705. The van der Waals surface area contributed by atoms with Crippen LogP contribution in [0, 0.1) is 11.7 Å². The maximum Gasteiger partial charge on any atom is 0.308 e. The normalized spacial score (nSPS) is 18.4. The number of likely N-dealkylation sites (tertiary alicyclic amines) is 1. The molecule has 1 aromatic rings. The number of aliphatic carboxylic acids is 1. The molecule has 0 unspecified atom stereocenters. The van der Waals surface area contributed by atoms with E-state index in [2.05, 4.69) is 4.72 Å². The maximum atomic E-state index is 12.8. The number of hydrogen-bond acceptors (Lipinski definition) is 4. The summed E-state index contributed by atoms with van der Waals surface area (Å²) in [5.74, 6) is -2.33. The van der Waals surface area contributed by atoms with Gasteiger partial charge >= 0.3 is 5.97 Å². The topological polar surface area (TPSA) is 104 Å². The van der Waals surface area contributed by atoms with Crippen molar-refractivity contribution < 1.29 is 27.5 Å². The van der Waals surface area contributed by atoms with Crippen LogP contribution in [-0.4, -0.2) is 49.9 Å². The molecule has 2 N–H and O–H groups in total. The predicted molar refractivity (Wildman–Crippen MR) is 83.1 cm³/mol. The van der Waals surface area contributed by atoms with Gasteiger partial charge in [-0.05, 0) is 37.1 Å². The fourth-order valence-corrected chi connectivity index (χ4v) is 3.58. The largest absolute Gasteiger partial charge is 0.481 e. The Morgan fingerprint density at radius 2 is 1.96 bits per heavy atom. The molecule has 0 bridgehead atoms. The van der Waals surface area contributed by atoms with Gasteiger partial charge in [0.25, 0.3) is 0 Å². The molecule has 0 spiro atoms. The zero-order chi connectivity index (χ0) is 17.7. The molecule has 1 fully saturated rings. The number of piperidine rings is 1. The lowest BCUT2D eigenvalue weighted by molar-refractivity contribution is -0.145. The van der Waals surface area contributed by atoms with E-state index in [0.717, 1.165) is 24.3 Å². The minimum atomic E-state index is -3.81. The van der Waals surface area contributed by atoms with E-state index < -0.39 is 27.7 Å². The van der Waals surface area contributed by atoms with Crippen molar-refractivity contribution in [1.82, 2.24) is 9.62 Å². The molecule has 0 radical (unpaired) electrons. The van der Waals surface area contributed by atoms with E-state index in [4.69, 9.17) is 5.11 Å². The molecule has 24 heavy (non-hydrogen) atoms. The van der Waals surface area contributed by atoms with Crippen LogP contribution in [-0.2, 0) is 19.6 Å². The van der Waals surface area contributed by atoms with Crippen LogP contribution in [0.2, 0.25) is 0 Å². The molecule has 1 atom stereocenters. The van der Waals surface area contributed by atoms with E-state index in [1.165, 1.54) is 4.90 Å². The molecule has 1 aliphatic rings. The van der Waals surface area contributed by atoms with E-state index in [-0.39, 0.29) is 30.3 Å². The second-order valence-electron chi connectivity index (χ2n) is 5.62. The lowest BCUT2D eigenvalue weighted by Gasteiger charge is -2.30. The van der Waals surface area contributed by atoms with E-state index >= 15 is 0 Å². The van der Waals surface area contributed by atoms with Gasteiger partial charge in [0.1, 0.15) is 5.82 Å². The van der Waals surface area contributed by atoms with Gasteiger partial charge in [-0.25, -0.2) is 17.5 Å². The molecular weight excluding hydrogens is 339 g/mol. The fourth-order valence-electron chi connectivity index (χ4n) is 2.55. The first-order valence-electron chi connectivity index (χ1n) is 7.55. The summed E-state index contributed by atoms with van der Waals surface area (Å²) in [6.45, 7) is 0.527. The molecule has 1 amide bonds. The SMILES string of the molecule is O=C(O)[C@H]1CCCN(C(=O)CCNS(=O)(=O)c2ccc(F)cc2)C1. The lowest BCUT2D eigenvalue weighted by atomic mass is 9.98. The molecule has 0 saturated carbocycles. The minimum Gasteiger partial charge on any atom is -0.481 e. The van der Waals surface area contributed by atoms with Gasteiger partial charge < -0.3 is 10.0 Å². The zero-order valence-electron chi connectivity index (χ0n) is 12.9. The number of amides is 1. The quantitative estimate of drug-likeness (QED) is 0.783. The van der Waals surface area contributed by atoms with E-state index in [1.807, 2.05) is 0 Å². The van der Waals surface area contributed by atoms with Gasteiger partial charge in [0.15, 0.2) is 0 Å². The number of sulfonamides is 1. The first-order valence-corrected chi connectivity index (χ1v) is 9.04. The van der Waals surface area contributed by atoms with E-state index in [1.54, 1.807) is 0 Å². The molecule has 9 heteroatoms. The van der Waals surface area contributed by atoms with Crippen LogP contribution >= 0.6 is 0 Å². The van der Waals surface area contributed by atoms with Crippen molar-refractivity contribution in [3.63, 3.8) is 0 Å². The van der Waals surface area contributed by atoms with Crippen LogP contribution in [0.15, 0.2) is 29.2 Å². The van der Waals surface area contributed by atoms with Crippen molar-refractivity contribution in [3.8, 4) is 0 Å². The number of carboxylic acid groups (broad SMARTS) is 1. The second kappa shape index (κ2) is 7.71. The number of rotatable bonds is 6. The molecule has 0 aliphatic carbocycles. The average molecular weight is 358 g/mol. The van der Waals surface area contributed by atoms with Gasteiger partial charge in [-0.2, -0.15) is 0 Å². The Balaban J connectivity index is 1.85. The van der Waals surface area contributed by atoms with Crippen molar-refractivity contribution in [2.75, 3.05) is 19.6 Å². The van der Waals surface area contributed by atoms with Crippen LogP contribution in [0.4, 0.5) is 4.39 Å². The number of carbonyl (C=O) groups is 2. The highest BCUT2D eigenvalue weighted by atomic mass is 32.2. The van der Waals surface area contributed by atoms with Gasteiger partial charge in [0.05, 0.1) is 10.8 Å². The Labute approximate surface area is 139 Å². The summed E-state index contributed by atoms with van der Waals surface area (Å²) in [5, 5.41) is 9.01. The molecule has 1 heterocycles. The number of benzene rings is 1. The van der Waals surface area contributed by atoms with Crippen molar-refractivity contribution in [3.05, 3.63) is 30.1 Å². The highest BCUT2D eigenvalue weighted by Crippen LogP contribution is 2.17. The van der Waals surface area contributed by atoms with Crippen LogP contribution < -0.4 is 4.72 Å². The number of nitrogens with zero attached hydrogens (tertiary/aromatic N) is 1. The van der Waals surface area contributed by atoms with E-state index in [9.17, 15) is 22.4 Å². The monoisotopic (exact) mass is 358 g/mol. The molecule has 1 aromatic carbocycles. The lowest BCUT2D eigenvalue weighted by Crippen LogP contribution is -2.43. The number of halogens is 1. The van der Waals surface area contributed by atoms with Crippen molar-refractivity contribution in [2.24, 2.45) is 5.92 Å². The van der Waals surface area contributed by atoms with Gasteiger partial charge in [0.2, 0.25) is 15.9 Å². The van der Waals surface area contributed by atoms with Gasteiger partial charge in [-0.1, -0.05) is 0 Å². The summed E-state index contributed by atoms with van der Waals surface area (Å²) in [5.41, 5.74) is 0. The summed E-state index contributed by atoms with van der Waals surface area (Å²) in [6, 6.07) is 4.36. The molecule has 7 nitrogen and oxygen atoms in total. The van der Waals surface area contributed by atoms with Crippen LogP contribution in [0.1, 0.15) is 19.3 Å². The van der Waals surface area contributed by atoms with Gasteiger partial charge in [-0.3, -0.25) is 9.59 Å². The number of nitrogens with one attached hydrogen (secondary N) is 1. The molecule has 0 aromatic heterocycles. The van der Waals surface area contributed by atoms with Gasteiger partial charge in [0, 0.05) is 26.1 Å². The Hall–Kier alpha value is -2.00. The third-order valence-electron chi connectivity index (χ3n) is 3.88. The smallest absolute Gasteiger partial charge is 0.308 e. The number of carbonyl (C=O) groups excluding carboxylic acids is 1. The summed E-state index contributed by atoms with van der Waals surface area (Å²) >= 11 is 0. The first kappa shape index (κ1) is 18.3. The number of carboxylic acids is 1. The van der Waals surface area contributed by atoms with Crippen molar-refractivity contribution >= 4 is 21.9 Å². The maximum absolute atomic E-state index is 12.8. The Morgan fingerprint density at radius 1 is 1.29 bits per heavy atom. The minimum absolute atomic E-state index is 0.0627. The first-order chi connectivity index (χ1) is 11.3. The predicted octanol–water partition coefficient (Wildman–Crippen LogP) is 0.817. The molecule has 1 aliphatic heterocycles. The fraction of sp³-hybridized carbons (Fsp3) is 0.467. The second-order valence-corrected chi connectivity index (χ2v) is 7.39. The molecular formula is C15H19FN2O5S. The summed E-state index contributed by atoms with van der Waals surface area (Å²) in [4.78, 5) is 24.4. The average Bonchev–Trinajstić information content (AvgIpc) is 2.55. The van der Waals surface area contributed by atoms with Gasteiger partial charge in [-0.15, -0.1) is 0 Å². The van der Waals surface area contributed by atoms with Crippen LogP contribution in [0.5, 0.6) is 0 Å². The summed E-state index contributed by atoms with van der Waals surface area (Å²) in [6.07, 6.45) is 1.09. The molecule has 1 saturated heterocycles. The molecule has 132 valence electrons. The highest BCUT2D eigenvalue weighted by Gasteiger charge is 2.28. The number of hydrogen-bond donors (Lipinski definition) is 2. The Kier molecular flexibility index (Phi) is 5.89.